The molecule has 0 amide bonds. The molecule has 7 heterocycles. The maximum atomic E-state index is 9.00. The standard InChI is InChI=1S/C15H20N8.C15H23N5O2.C14H21N5.C13H18ClN5.2C13H19N5.2C2H4O2.4ClH/c16-14(21-15(17)23-8-2-1-3-9-23)20-12-6-4-11(5-7-12)13-18-10-19-22-13;1-21-12-8-11(9-13(10-12)22-2)18-14(16)19-15(17)20-6-4-3-5-7-20;1-11-5-7-12(8-6-11)17-13(15)18-14(16)19-9-3-2-4-10-19;1-9-8-10(4-5-11(9)14)17-12(15)18-13(16)19-6-2-3-7-19;2*1-10-4-6-11(7-5-10)16-12(14)17-13(15)18-8-2-3-9-18;2*1-2(3)4;;;;/h4-7,10H,1-3,8-9H2,(H,18,19,22)(H4,16,17,20,21);8-10H,3-7H2,1-2H3,(H4,16,17,18,19);5-8H,2-4,9-10H2,1H3,(H4,15,16,17,18);4-5,8H,2-3,6-7H2,1H3,(H4,15,16,17,18);2*4-7H,2-3,8-9H2,1H3,(H4,14,15,16,17);2*1H3,(H,3,4);4*1H. The molecular formula is C87H132Cl5N33O6. The lowest BCUT2D eigenvalue weighted by Crippen LogP contribution is -2.41. The molecule has 0 aliphatic carbocycles. The van der Waals surface area contributed by atoms with Gasteiger partial charge in [0.15, 0.2) is 41.6 Å². The largest absolute Gasteiger partial charge is 0.497 e. The first-order chi connectivity index (χ1) is 60.8. The number of carboxylic acids is 2. The summed E-state index contributed by atoms with van der Waals surface area (Å²) in [5, 5.41) is 22.2. The van der Waals surface area contributed by atoms with Crippen molar-refractivity contribution in [2.45, 2.75) is 138 Å². The van der Waals surface area contributed by atoms with Gasteiger partial charge in [-0.25, -0.2) is 34.9 Å². The van der Waals surface area contributed by atoms with Gasteiger partial charge in [0.05, 0.1) is 48.3 Å². The number of aryl methyl sites for hydroxylation is 4. The number of carboxylic acid groups (broad SMARTS) is 2. The van der Waals surface area contributed by atoms with Gasteiger partial charge in [-0.1, -0.05) is 64.7 Å². The minimum atomic E-state index is -0.833. The first-order valence-electron chi connectivity index (χ1n) is 42.0. The third kappa shape index (κ3) is 45.6. The van der Waals surface area contributed by atoms with Crippen LogP contribution in [0.2, 0.25) is 5.02 Å². The lowest BCUT2D eigenvalue weighted by Gasteiger charge is -2.27. The average molecular weight is 1910 g/mol. The molecule has 44 heteroatoms. The van der Waals surface area contributed by atoms with Crippen LogP contribution in [-0.4, -0.2) is 231 Å². The van der Waals surface area contributed by atoms with Crippen LogP contribution in [0.25, 0.3) is 11.4 Å². The average Bonchev–Trinajstić information content (AvgIpc) is 1.82. The smallest absolute Gasteiger partial charge is 0.300 e. The minimum absolute atomic E-state index is 0. The van der Waals surface area contributed by atoms with Gasteiger partial charge in [-0.3, -0.25) is 14.7 Å². The fourth-order valence-electron chi connectivity index (χ4n) is 12.7. The number of aromatic nitrogens is 3. The maximum Gasteiger partial charge on any atom is 0.300 e. The number of aliphatic carboxylic acids is 2. The Morgan fingerprint density at radius 1 is 0.336 bits per heavy atom. The van der Waals surface area contributed by atoms with Crippen LogP contribution in [-0.2, 0) is 9.59 Å². The number of benzene rings is 6. The topological polar surface area (TPSA) is 615 Å². The third-order valence-corrected chi connectivity index (χ3v) is 19.7. The van der Waals surface area contributed by atoms with Crippen LogP contribution in [0, 0.1) is 27.7 Å². The fraction of sp³-hybridized carbons (Fsp3) is 0.402. The van der Waals surface area contributed by atoms with Crippen molar-refractivity contribution in [3.63, 3.8) is 0 Å². The molecule has 0 spiro atoms. The molecule has 0 atom stereocenters. The van der Waals surface area contributed by atoms with E-state index in [0.717, 1.165) is 203 Å². The molecule has 6 saturated heterocycles. The summed E-state index contributed by atoms with van der Waals surface area (Å²) < 4.78 is 10.4. The molecule has 6 fully saturated rings. The Bertz CT molecular complexity index is 4810. The van der Waals surface area contributed by atoms with E-state index in [1.54, 1.807) is 44.6 Å². The number of nitrogens with two attached hydrogens (primary N) is 12. The van der Waals surface area contributed by atoms with E-state index in [-0.39, 0.29) is 85.4 Å². The Labute approximate surface area is 797 Å². The van der Waals surface area contributed by atoms with Crippen LogP contribution >= 0.6 is 61.2 Å². The quantitative estimate of drug-likeness (QED) is 0.0471. The molecular weight excluding hydrogens is 1780 g/mol. The van der Waals surface area contributed by atoms with Gasteiger partial charge in [0, 0.05) is 121 Å². The monoisotopic (exact) mass is 1910 g/mol. The molecule has 6 aliphatic heterocycles. The Balaban J connectivity index is 0.000000521. The molecule has 0 radical (unpaired) electrons. The molecule has 0 bridgehead atoms. The van der Waals surface area contributed by atoms with Crippen molar-refractivity contribution in [3.05, 3.63) is 167 Å². The molecule has 716 valence electrons. The normalized spacial score (nSPS) is 15.9. The van der Waals surface area contributed by atoms with E-state index in [1.807, 2.05) is 155 Å². The summed E-state index contributed by atoms with van der Waals surface area (Å²) in [6.07, 6.45) is 19.0. The molecule has 39 nitrogen and oxygen atoms in total. The van der Waals surface area contributed by atoms with E-state index in [0.29, 0.717) is 69.5 Å². The summed E-state index contributed by atoms with van der Waals surface area (Å²) in [6, 6.07) is 41.6. The summed E-state index contributed by atoms with van der Waals surface area (Å²) >= 11 is 5.95. The van der Waals surface area contributed by atoms with Gasteiger partial charge in [-0.15, -0.1) is 49.6 Å². The number of halogens is 5. The number of aromatic amines is 1. The number of likely N-dealkylation sites (tertiary alicyclic amines) is 6. The highest BCUT2D eigenvalue weighted by atomic mass is 35.5. The van der Waals surface area contributed by atoms with E-state index in [2.05, 4.69) is 80.0 Å². The van der Waals surface area contributed by atoms with E-state index < -0.39 is 11.9 Å². The number of piperidine rings is 3. The van der Waals surface area contributed by atoms with Gasteiger partial charge in [-0.2, -0.15) is 35.1 Å². The van der Waals surface area contributed by atoms with Gasteiger partial charge in [-0.05, 0) is 208 Å². The first-order valence-corrected chi connectivity index (χ1v) is 42.3. The van der Waals surface area contributed by atoms with Crippen LogP contribution in [0.3, 0.4) is 0 Å². The summed E-state index contributed by atoms with van der Waals surface area (Å²) in [5.41, 5.74) is 80.2. The molecule has 6 aliphatic rings. The SMILES string of the molecule is CC(=O)O.CC(=O)O.COc1cc(N=C(N)N=C(N)N2CCCCC2)cc(OC)c1.Cc1cc(N=C(N)N=C(N)N2CCCC2)ccc1Cl.Cc1ccc(N=C(N)N=C(N)N2CCCC2)cc1.Cc1ccc(N=C(N)N=C(N)N2CCCC2)cc1.Cc1ccc(N=C(N)N=C(N)N2CCCCC2)cc1.Cl.Cl.Cl.Cl.NC(=Nc1ccc(-c2ncn[nH]2)cc1)N=C(N)N1CCCCC1. The van der Waals surface area contributed by atoms with E-state index in [4.69, 9.17) is 110 Å². The molecule has 0 saturated carbocycles. The van der Waals surface area contributed by atoms with E-state index in [9.17, 15) is 0 Å². The van der Waals surface area contributed by atoms with Crippen LogP contribution in [0.15, 0.2) is 200 Å². The van der Waals surface area contributed by atoms with Crippen molar-refractivity contribution in [2.24, 2.45) is 129 Å². The van der Waals surface area contributed by atoms with Crippen LogP contribution in [0.1, 0.15) is 132 Å². The van der Waals surface area contributed by atoms with Crippen molar-refractivity contribution in [2.75, 3.05) is 92.8 Å². The Morgan fingerprint density at radius 2 is 0.557 bits per heavy atom. The number of carbonyl (C=O) groups is 2. The highest BCUT2D eigenvalue weighted by Crippen LogP contribution is 2.29. The zero-order valence-electron chi connectivity index (χ0n) is 75.8. The van der Waals surface area contributed by atoms with Crippen molar-refractivity contribution >= 4 is 179 Å². The van der Waals surface area contributed by atoms with E-state index >= 15 is 0 Å². The number of nitrogens with one attached hydrogen (secondary N) is 1. The predicted octanol–water partition coefficient (Wildman–Crippen LogP) is 11.0. The van der Waals surface area contributed by atoms with Crippen molar-refractivity contribution in [1.29, 1.82) is 0 Å². The second-order valence-corrected chi connectivity index (χ2v) is 30.2. The second-order valence-electron chi connectivity index (χ2n) is 29.8. The van der Waals surface area contributed by atoms with Crippen molar-refractivity contribution in [1.82, 2.24) is 44.6 Å². The van der Waals surface area contributed by atoms with Gasteiger partial charge < -0.3 is 118 Å². The van der Waals surface area contributed by atoms with Crippen LogP contribution in [0.5, 0.6) is 11.5 Å². The van der Waals surface area contributed by atoms with Crippen molar-refractivity contribution < 1.29 is 29.3 Å². The maximum absolute atomic E-state index is 9.00. The molecule has 7 aromatic rings. The first kappa shape index (κ1) is 114. The Morgan fingerprint density at radius 3 is 0.786 bits per heavy atom. The Hall–Kier alpha value is -13.1. The molecule has 1 aromatic heterocycles. The number of ether oxygens (including phenoxy) is 2. The number of H-pyrrole nitrogens is 1. The lowest BCUT2D eigenvalue weighted by molar-refractivity contribution is -0.135. The number of hydrogen-bond acceptors (Lipinski definition) is 12. The molecule has 6 aromatic carbocycles. The number of rotatable bonds is 9. The van der Waals surface area contributed by atoms with Gasteiger partial charge >= 0.3 is 0 Å². The number of nitrogens with zero attached hydrogens (tertiary/aromatic N) is 20. The lowest BCUT2D eigenvalue weighted by atomic mass is 10.1. The zero-order chi connectivity index (χ0) is 92.6. The summed E-state index contributed by atoms with van der Waals surface area (Å²) in [6.45, 7) is 21.4. The van der Waals surface area contributed by atoms with Gasteiger partial charge in [0.25, 0.3) is 11.9 Å². The highest BCUT2D eigenvalue weighted by molar-refractivity contribution is 6.31. The number of hydrogen-bond donors (Lipinski definition) is 15. The zero-order valence-corrected chi connectivity index (χ0v) is 79.8. The predicted molar refractivity (Wildman–Crippen MR) is 543 cm³/mol. The Kier molecular flexibility index (Phi) is 54.1. The molecule has 27 N–H and O–H groups in total. The number of aliphatic imine (C=N–C) groups is 12. The van der Waals surface area contributed by atoms with Crippen molar-refractivity contribution in [3.8, 4) is 22.9 Å². The minimum Gasteiger partial charge on any atom is -0.497 e. The second kappa shape index (κ2) is 62.2. The number of guanidine groups is 12. The molecule has 131 heavy (non-hydrogen) atoms. The van der Waals surface area contributed by atoms with Crippen LogP contribution < -0.4 is 78.3 Å². The number of methoxy groups -OCH3 is 2. The van der Waals surface area contributed by atoms with Gasteiger partial charge in [0.1, 0.15) is 17.8 Å². The molecule has 0 unspecified atom stereocenters. The fourth-order valence-corrected chi connectivity index (χ4v) is 12.8. The summed E-state index contributed by atoms with van der Waals surface area (Å²) in [4.78, 5) is 84.6. The van der Waals surface area contributed by atoms with Crippen LogP contribution in [0.4, 0.5) is 34.1 Å². The third-order valence-electron chi connectivity index (χ3n) is 19.3. The summed E-state index contributed by atoms with van der Waals surface area (Å²) in [7, 11) is 3.16. The van der Waals surface area contributed by atoms with Gasteiger partial charge in [0.2, 0.25) is 35.8 Å². The summed E-state index contributed by atoms with van der Waals surface area (Å²) in [5.74, 6) is 4.00. The van der Waals surface area contributed by atoms with E-state index in [1.165, 1.54) is 42.3 Å². The molecule has 13 rings (SSSR count). The highest BCUT2D eigenvalue weighted by Gasteiger charge is 2.19.